The van der Waals surface area contributed by atoms with Crippen LogP contribution >= 0.6 is 11.8 Å². The summed E-state index contributed by atoms with van der Waals surface area (Å²) < 4.78 is 0. The van der Waals surface area contributed by atoms with Gasteiger partial charge in [0.25, 0.3) is 0 Å². The first-order chi connectivity index (χ1) is 6.72. The third-order valence-corrected chi connectivity index (χ3v) is 3.09. The highest BCUT2D eigenvalue weighted by Gasteiger charge is 2.24. The number of thioether (sulfide) groups is 1. The van der Waals surface area contributed by atoms with Crippen LogP contribution in [0, 0.1) is 5.92 Å². The molecule has 0 atom stereocenters. The third-order valence-electron chi connectivity index (χ3n) is 2.39. The fourth-order valence-corrected chi connectivity index (χ4v) is 1.94. The summed E-state index contributed by atoms with van der Waals surface area (Å²) in [6.07, 6.45) is 5.76. The van der Waals surface area contributed by atoms with Crippen LogP contribution in [0.3, 0.4) is 0 Å². The van der Waals surface area contributed by atoms with Crippen LogP contribution in [0.5, 0.6) is 0 Å². The molecule has 0 aromatic heterocycles. The van der Waals surface area contributed by atoms with Crippen LogP contribution in [0.1, 0.15) is 19.3 Å². The Kier molecular flexibility index (Phi) is 5.33. The summed E-state index contributed by atoms with van der Waals surface area (Å²) in [5.74, 6) is 1.21. The van der Waals surface area contributed by atoms with Crippen LogP contribution < -0.4 is 0 Å². The molecule has 0 spiro atoms. The molecule has 1 saturated carbocycles. The van der Waals surface area contributed by atoms with Gasteiger partial charge in [0.05, 0.1) is 6.54 Å². The molecule has 0 heterocycles. The van der Waals surface area contributed by atoms with Crippen molar-refractivity contribution in [2.45, 2.75) is 19.3 Å². The topological polar surface area (TPSA) is 40.5 Å². The van der Waals surface area contributed by atoms with E-state index < -0.39 is 5.97 Å². The van der Waals surface area contributed by atoms with E-state index in [0.29, 0.717) is 0 Å². The molecule has 14 heavy (non-hydrogen) atoms. The molecular formula is C10H19NO2S. The van der Waals surface area contributed by atoms with E-state index in [2.05, 4.69) is 11.2 Å². The first kappa shape index (κ1) is 11.9. The number of hydrogen-bond donors (Lipinski definition) is 1. The predicted octanol–water partition coefficient (Wildman–Crippen LogP) is 1.54. The van der Waals surface area contributed by atoms with Crippen molar-refractivity contribution in [1.29, 1.82) is 0 Å². The Bertz CT molecular complexity index is 183. The van der Waals surface area contributed by atoms with Crippen molar-refractivity contribution in [3.63, 3.8) is 0 Å². The molecule has 0 radical (unpaired) electrons. The second-order valence-electron chi connectivity index (χ2n) is 3.92. The molecule has 0 unspecified atom stereocenters. The number of carboxylic acids is 1. The minimum atomic E-state index is -0.699. The van der Waals surface area contributed by atoms with Crippen molar-refractivity contribution in [2.75, 3.05) is 31.6 Å². The fourth-order valence-electron chi connectivity index (χ4n) is 1.52. The van der Waals surface area contributed by atoms with Gasteiger partial charge in [0.2, 0.25) is 0 Å². The summed E-state index contributed by atoms with van der Waals surface area (Å²) in [6, 6.07) is 0. The number of aliphatic carboxylic acids is 1. The van der Waals surface area contributed by atoms with Crippen molar-refractivity contribution in [3.05, 3.63) is 0 Å². The Morgan fingerprint density at radius 1 is 1.57 bits per heavy atom. The van der Waals surface area contributed by atoms with Gasteiger partial charge in [-0.2, -0.15) is 11.8 Å². The normalized spacial score (nSPS) is 16.1. The average molecular weight is 217 g/mol. The van der Waals surface area contributed by atoms with Crippen molar-refractivity contribution < 1.29 is 9.90 Å². The quantitative estimate of drug-likeness (QED) is 0.626. The molecule has 4 heteroatoms. The van der Waals surface area contributed by atoms with E-state index in [0.717, 1.165) is 31.2 Å². The van der Waals surface area contributed by atoms with Crippen LogP contribution in [-0.4, -0.2) is 47.6 Å². The van der Waals surface area contributed by atoms with Gasteiger partial charge >= 0.3 is 5.97 Å². The Morgan fingerprint density at radius 2 is 2.29 bits per heavy atom. The van der Waals surface area contributed by atoms with Crippen LogP contribution in [0.2, 0.25) is 0 Å². The zero-order chi connectivity index (χ0) is 10.4. The largest absolute Gasteiger partial charge is 0.480 e. The van der Waals surface area contributed by atoms with Gasteiger partial charge in [-0.15, -0.1) is 0 Å². The molecule has 1 aliphatic carbocycles. The first-order valence-corrected chi connectivity index (χ1v) is 6.55. The molecule has 3 nitrogen and oxygen atoms in total. The number of rotatable bonds is 8. The molecule has 0 aliphatic heterocycles. The average Bonchev–Trinajstić information content (AvgIpc) is 2.87. The van der Waals surface area contributed by atoms with E-state index in [9.17, 15) is 4.79 Å². The molecule has 1 N–H and O–H groups in total. The molecule has 1 aliphatic rings. The zero-order valence-electron chi connectivity index (χ0n) is 8.74. The highest BCUT2D eigenvalue weighted by Crippen LogP contribution is 2.29. The van der Waals surface area contributed by atoms with E-state index in [-0.39, 0.29) is 6.54 Å². The highest BCUT2D eigenvalue weighted by molar-refractivity contribution is 7.98. The first-order valence-electron chi connectivity index (χ1n) is 5.15. The zero-order valence-corrected chi connectivity index (χ0v) is 9.55. The minimum Gasteiger partial charge on any atom is -0.480 e. The van der Waals surface area contributed by atoms with Gasteiger partial charge in [-0.05, 0) is 43.7 Å². The van der Waals surface area contributed by atoms with Crippen LogP contribution in [-0.2, 0) is 4.79 Å². The van der Waals surface area contributed by atoms with Gasteiger partial charge in [-0.1, -0.05) is 0 Å². The molecule has 0 saturated heterocycles. The van der Waals surface area contributed by atoms with Crippen molar-refractivity contribution in [3.8, 4) is 0 Å². The number of nitrogens with zero attached hydrogens (tertiary/aromatic N) is 1. The van der Waals surface area contributed by atoms with Crippen LogP contribution in [0.15, 0.2) is 0 Å². The number of carboxylic acid groups (broad SMARTS) is 1. The van der Waals surface area contributed by atoms with Crippen molar-refractivity contribution >= 4 is 17.7 Å². The Labute approximate surface area is 89.9 Å². The van der Waals surface area contributed by atoms with Gasteiger partial charge in [-0.3, -0.25) is 9.69 Å². The Hall–Kier alpha value is -0.220. The minimum absolute atomic E-state index is 0.213. The van der Waals surface area contributed by atoms with Gasteiger partial charge in [0, 0.05) is 6.54 Å². The summed E-state index contributed by atoms with van der Waals surface area (Å²) in [4.78, 5) is 12.7. The smallest absolute Gasteiger partial charge is 0.317 e. The number of carbonyl (C=O) groups is 1. The molecule has 0 bridgehead atoms. The van der Waals surface area contributed by atoms with E-state index >= 15 is 0 Å². The van der Waals surface area contributed by atoms with E-state index in [1.807, 2.05) is 11.8 Å². The lowest BCUT2D eigenvalue weighted by atomic mass is 10.3. The molecule has 82 valence electrons. The maximum Gasteiger partial charge on any atom is 0.317 e. The van der Waals surface area contributed by atoms with Crippen LogP contribution in [0.25, 0.3) is 0 Å². The summed E-state index contributed by atoms with van der Waals surface area (Å²) in [7, 11) is 0. The summed E-state index contributed by atoms with van der Waals surface area (Å²) >= 11 is 1.82. The summed E-state index contributed by atoms with van der Waals surface area (Å²) in [5, 5.41) is 8.73. The third kappa shape index (κ3) is 5.50. The molecule has 0 amide bonds. The van der Waals surface area contributed by atoms with Gasteiger partial charge < -0.3 is 5.11 Å². The second-order valence-corrected chi connectivity index (χ2v) is 4.90. The van der Waals surface area contributed by atoms with Gasteiger partial charge in [0.15, 0.2) is 0 Å². The molecule has 1 fully saturated rings. The maximum atomic E-state index is 10.6. The van der Waals surface area contributed by atoms with E-state index in [4.69, 9.17) is 5.11 Å². The van der Waals surface area contributed by atoms with E-state index in [1.54, 1.807) is 0 Å². The molecular weight excluding hydrogens is 198 g/mol. The maximum absolute atomic E-state index is 10.6. The van der Waals surface area contributed by atoms with Crippen molar-refractivity contribution in [1.82, 2.24) is 4.90 Å². The highest BCUT2D eigenvalue weighted by atomic mass is 32.2. The number of hydrogen-bond acceptors (Lipinski definition) is 3. The lowest BCUT2D eigenvalue weighted by Crippen LogP contribution is -2.32. The van der Waals surface area contributed by atoms with Gasteiger partial charge in [0.1, 0.15) is 0 Å². The van der Waals surface area contributed by atoms with Crippen LogP contribution in [0.4, 0.5) is 0 Å². The lowest BCUT2D eigenvalue weighted by molar-refractivity contribution is -0.138. The summed E-state index contributed by atoms with van der Waals surface area (Å²) in [5.41, 5.74) is 0. The molecule has 1 rings (SSSR count). The molecule has 0 aromatic carbocycles. The fraction of sp³-hybridized carbons (Fsp3) is 0.900. The molecule has 0 aromatic rings. The van der Waals surface area contributed by atoms with Crippen molar-refractivity contribution in [2.24, 2.45) is 5.92 Å². The Morgan fingerprint density at radius 3 is 2.79 bits per heavy atom. The Balaban J connectivity index is 2.16. The predicted molar refractivity (Wildman–Crippen MR) is 59.8 cm³/mol. The second kappa shape index (κ2) is 6.30. The van der Waals surface area contributed by atoms with Gasteiger partial charge in [-0.25, -0.2) is 0 Å². The van der Waals surface area contributed by atoms with E-state index in [1.165, 1.54) is 12.8 Å². The SMILES string of the molecule is CSCCCN(CC(=O)O)CC1CC1. The summed E-state index contributed by atoms with van der Waals surface area (Å²) in [6.45, 7) is 2.13. The standard InChI is InChI=1S/C10H19NO2S/c1-14-6-2-5-11(8-10(12)13)7-9-3-4-9/h9H,2-8H2,1H3,(H,12,13). The lowest BCUT2D eigenvalue weighted by Gasteiger charge is -2.19. The monoisotopic (exact) mass is 217 g/mol.